The molecule has 4 aromatic rings. The first kappa shape index (κ1) is 21.4. The zero-order valence-electron chi connectivity index (χ0n) is 19.4. The molecule has 1 aromatic carbocycles. The third-order valence-corrected chi connectivity index (χ3v) is 6.34. The summed E-state index contributed by atoms with van der Waals surface area (Å²) in [6.45, 7) is 6.78. The van der Waals surface area contributed by atoms with Crippen molar-refractivity contribution in [2.75, 3.05) is 30.4 Å². The monoisotopic (exact) mass is 445 g/mol. The fraction of sp³-hybridized carbons (Fsp3) is 0.417. The predicted molar refractivity (Wildman–Crippen MR) is 131 cm³/mol. The molecule has 4 heterocycles. The largest absolute Gasteiger partial charge is 0.364 e. The van der Waals surface area contributed by atoms with E-state index in [0.717, 1.165) is 60.1 Å². The zero-order chi connectivity index (χ0) is 22.8. The highest BCUT2D eigenvalue weighted by molar-refractivity contribution is 5.84. The quantitative estimate of drug-likeness (QED) is 0.451. The Kier molecular flexibility index (Phi) is 5.95. The molecule has 0 radical (unpaired) electrons. The number of benzene rings is 1. The molecule has 0 amide bonds. The van der Waals surface area contributed by atoms with Gasteiger partial charge in [-0.15, -0.1) is 0 Å². The second-order valence-corrected chi connectivity index (χ2v) is 8.77. The number of rotatable bonds is 7. The van der Waals surface area contributed by atoms with E-state index in [4.69, 9.17) is 9.97 Å². The minimum atomic E-state index is 0.265. The van der Waals surface area contributed by atoms with Crippen molar-refractivity contribution in [3.8, 4) is 5.69 Å². The van der Waals surface area contributed by atoms with Gasteiger partial charge < -0.3 is 20.1 Å². The van der Waals surface area contributed by atoms with E-state index in [0.29, 0.717) is 12.6 Å². The lowest BCUT2D eigenvalue weighted by atomic mass is 10.1. The van der Waals surface area contributed by atoms with Crippen molar-refractivity contribution in [3.63, 3.8) is 0 Å². The maximum absolute atomic E-state index is 4.95. The molecule has 0 atom stereocenters. The molecular formula is C24H31N9. The molecule has 0 saturated carbocycles. The van der Waals surface area contributed by atoms with Crippen molar-refractivity contribution in [1.82, 2.24) is 34.6 Å². The zero-order valence-corrected chi connectivity index (χ0v) is 19.4. The van der Waals surface area contributed by atoms with Crippen molar-refractivity contribution in [2.45, 2.75) is 45.3 Å². The molecule has 9 nitrogen and oxygen atoms in total. The Balaban J connectivity index is 1.48. The molecule has 1 aliphatic heterocycles. The van der Waals surface area contributed by atoms with Crippen LogP contribution in [0.2, 0.25) is 0 Å². The summed E-state index contributed by atoms with van der Waals surface area (Å²) < 4.78 is 4.00. The topological polar surface area (TPSA) is 88.7 Å². The summed E-state index contributed by atoms with van der Waals surface area (Å²) >= 11 is 0. The van der Waals surface area contributed by atoms with Crippen LogP contribution in [0.3, 0.4) is 0 Å². The van der Waals surface area contributed by atoms with Crippen molar-refractivity contribution in [2.24, 2.45) is 0 Å². The van der Waals surface area contributed by atoms with Gasteiger partial charge >= 0.3 is 0 Å². The summed E-state index contributed by atoms with van der Waals surface area (Å²) in [6, 6.07) is 11.0. The summed E-state index contributed by atoms with van der Waals surface area (Å²) in [5.74, 6) is 1.53. The van der Waals surface area contributed by atoms with Gasteiger partial charge in [0.25, 0.3) is 0 Å². The van der Waals surface area contributed by atoms with Gasteiger partial charge in [-0.3, -0.25) is 0 Å². The van der Waals surface area contributed by atoms with Crippen LogP contribution in [-0.4, -0.2) is 55.5 Å². The molecule has 1 fully saturated rings. The Morgan fingerprint density at radius 2 is 1.91 bits per heavy atom. The summed E-state index contributed by atoms with van der Waals surface area (Å²) in [6.07, 6.45) is 7.78. The molecule has 1 aliphatic rings. The van der Waals surface area contributed by atoms with Gasteiger partial charge in [-0.2, -0.15) is 15.1 Å². The minimum absolute atomic E-state index is 0.265. The lowest BCUT2D eigenvalue weighted by Crippen LogP contribution is -2.42. The first-order valence-corrected chi connectivity index (χ1v) is 11.6. The van der Waals surface area contributed by atoms with E-state index < -0.39 is 0 Å². The number of piperidine rings is 1. The lowest BCUT2D eigenvalue weighted by molar-refractivity contribution is 0.439. The highest BCUT2D eigenvalue weighted by Gasteiger charge is 2.23. The average Bonchev–Trinajstić information content (AvgIpc) is 3.53. The molecule has 0 unspecified atom stereocenters. The van der Waals surface area contributed by atoms with E-state index >= 15 is 0 Å². The van der Waals surface area contributed by atoms with Crippen molar-refractivity contribution < 1.29 is 0 Å². The Morgan fingerprint density at radius 1 is 1.09 bits per heavy atom. The van der Waals surface area contributed by atoms with E-state index in [1.807, 2.05) is 42.5 Å². The summed E-state index contributed by atoms with van der Waals surface area (Å²) in [5, 5.41) is 11.3. The van der Waals surface area contributed by atoms with Crippen LogP contribution in [0.1, 0.15) is 38.3 Å². The van der Waals surface area contributed by atoms with Crippen LogP contribution in [0, 0.1) is 0 Å². The second-order valence-electron chi connectivity index (χ2n) is 8.77. The Labute approximate surface area is 193 Å². The predicted octanol–water partition coefficient (Wildman–Crippen LogP) is 3.39. The van der Waals surface area contributed by atoms with Crippen LogP contribution in [-0.2, 0) is 6.54 Å². The fourth-order valence-corrected chi connectivity index (χ4v) is 4.39. The van der Waals surface area contributed by atoms with Crippen LogP contribution in [0.25, 0.3) is 16.9 Å². The number of nitrogens with one attached hydrogen (secondary N) is 2. The number of nitrogens with zero attached hydrogens (tertiary/aromatic N) is 7. The molecular weight excluding hydrogens is 414 g/mol. The maximum atomic E-state index is 4.95. The normalized spacial score (nSPS) is 15.0. The van der Waals surface area contributed by atoms with Crippen molar-refractivity contribution >= 4 is 22.9 Å². The minimum Gasteiger partial charge on any atom is -0.364 e. The van der Waals surface area contributed by atoms with E-state index in [1.165, 1.54) is 0 Å². The number of anilines is 2. The third-order valence-electron chi connectivity index (χ3n) is 6.34. The number of imidazole rings is 1. The lowest BCUT2D eigenvalue weighted by Gasteiger charge is -2.32. The molecule has 5 rings (SSSR count). The molecule has 0 bridgehead atoms. The fourth-order valence-electron chi connectivity index (χ4n) is 4.39. The van der Waals surface area contributed by atoms with E-state index in [2.05, 4.69) is 56.2 Å². The van der Waals surface area contributed by atoms with Crippen molar-refractivity contribution in [1.29, 1.82) is 0 Å². The molecule has 1 saturated heterocycles. The molecule has 3 aromatic heterocycles. The van der Waals surface area contributed by atoms with Gasteiger partial charge in [0.05, 0.1) is 12.0 Å². The smallest absolute Gasteiger partial charge is 0.229 e. The molecule has 172 valence electrons. The number of aromatic nitrogens is 6. The van der Waals surface area contributed by atoms with Crippen LogP contribution in [0.4, 0.5) is 11.8 Å². The number of hydrogen-bond donors (Lipinski definition) is 2. The average molecular weight is 446 g/mol. The first-order valence-electron chi connectivity index (χ1n) is 11.6. The van der Waals surface area contributed by atoms with Crippen LogP contribution >= 0.6 is 0 Å². The van der Waals surface area contributed by atoms with Gasteiger partial charge in [-0.05, 0) is 51.4 Å². The number of fused-ring (bicyclic) bond motifs is 1. The first-order chi connectivity index (χ1) is 16.1. The van der Waals surface area contributed by atoms with Gasteiger partial charge in [0.15, 0.2) is 17.0 Å². The Hall–Kier alpha value is -3.46. The highest BCUT2D eigenvalue weighted by Crippen LogP contribution is 2.27. The number of hydrogen-bond acceptors (Lipinski definition) is 7. The van der Waals surface area contributed by atoms with Crippen LogP contribution < -0.4 is 15.5 Å². The van der Waals surface area contributed by atoms with Gasteiger partial charge in [0.2, 0.25) is 5.95 Å². The molecule has 0 aliphatic carbocycles. The van der Waals surface area contributed by atoms with Gasteiger partial charge in [-0.25, -0.2) is 9.67 Å². The van der Waals surface area contributed by atoms with E-state index in [9.17, 15) is 0 Å². The molecule has 33 heavy (non-hydrogen) atoms. The second kappa shape index (κ2) is 9.19. The van der Waals surface area contributed by atoms with Gasteiger partial charge in [0.1, 0.15) is 0 Å². The highest BCUT2D eigenvalue weighted by atomic mass is 15.3. The van der Waals surface area contributed by atoms with Gasteiger partial charge in [0, 0.05) is 44.1 Å². The summed E-state index contributed by atoms with van der Waals surface area (Å²) in [4.78, 5) is 16.8. The Bertz CT molecular complexity index is 1200. The molecule has 2 N–H and O–H groups in total. The molecule has 0 spiro atoms. The van der Waals surface area contributed by atoms with Crippen molar-refractivity contribution in [3.05, 3.63) is 54.6 Å². The maximum Gasteiger partial charge on any atom is 0.229 e. The third kappa shape index (κ3) is 4.28. The van der Waals surface area contributed by atoms with Gasteiger partial charge in [-0.1, -0.05) is 18.2 Å². The standard InChI is InChI=1S/C24H31N9/c1-17(2)32-16-27-21-22(26-15-18-7-4-5-8-20(18)33-12-6-11-28-33)29-24(30-23(21)32)31-13-9-19(25-3)10-14-31/h4-8,11-12,16-17,19,25H,9-10,13-15H2,1-3H3,(H,26,29,30). The van der Waals surface area contributed by atoms with E-state index in [-0.39, 0.29) is 6.04 Å². The Morgan fingerprint density at radius 3 is 2.64 bits per heavy atom. The summed E-state index contributed by atoms with van der Waals surface area (Å²) in [5.41, 5.74) is 3.85. The number of para-hydroxylation sites is 1. The molecule has 9 heteroatoms. The van der Waals surface area contributed by atoms with E-state index in [1.54, 1.807) is 6.20 Å². The van der Waals surface area contributed by atoms with Crippen LogP contribution in [0.15, 0.2) is 49.1 Å². The van der Waals surface area contributed by atoms with Crippen LogP contribution in [0.5, 0.6) is 0 Å². The SMILES string of the molecule is CNC1CCN(c2nc(NCc3ccccc3-n3cccn3)c3ncn(C(C)C)c3n2)CC1. The summed E-state index contributed by atoms with van der Waals surface area (Å²) in [7, 11) is 2.03.